The molecule has 1 aliphatic carbocycles. The lowest BCUT2D eigenvalue weighted by Crippen LogP contribution is -2.37. The molecule has 1 aromatic heterocycles. The van der Waals surface area contributed by atoms with Crippen LogP contribution in [0.5, 0.6) is 0 Å². The zero-order chi connectivity index (χ0) is 14.5. The summed E-state index contributed by atoms with van der Waals surface area (Å²) < 4.78 is 37.6. The number of nitrogens with zero attached hydrogens (tertiary/aromatic N) is 1. The Kier molecular flexibility index (Phi) is 3.34. The van der Waals surface area contributed by atoms with E-state index >= 15 is 0 Å². The topological polar surface area (TPSA) is 33.1 Å². The highest BCUT2D eigenvalue weighted by Gasteiger charge is 2.50. The molecule has 2 nitrogen and oxygen atoms in total. The molecule has 1 N–H and O–H groups in total. The van der Waals surface area contributed by atoms with Gasteiger partial charge in [0.1, 0.15) is 10.8 Å². The molecule has 1 atom stereocenters. The fourth-order valence-electron chi connectivity index (χ4n) is 2.73. The Labute approximate surface area is 114 Å². The fourth-order valence-corrected chi connectivity index (χ4v) is 3.04. The van der Waals surface area contributed by atoms with Crippen molar-refractivity contribution in [1.82, 2.24) is 4.98 Å². The van der Waals surface area contributed by atoms with Crippen LogP contribution in [-0.2, 0) is 11.8 Å². The Hall–Kier alpha value is -0.810. The second-order valence-electron chi connectivity index (χ2n) is 5.63. The van der Waals surface area contributed by atoms with Crippen LogP contribution in [0.3, 0.4) is 0 Å². The highest BCUT2D eigenvalue weighted by Crippen LogP contribution is 2.53. The van der Waals surface area contributed by atoms with E-state index in [1.54, 1.807) is 0 Å². The van der Waals surface area contributed by atoms with Crippen molar-refractivity contribution < 1.29 is 18.3 Å². The van der Waals surface area contributed by atoms with Gasteiger partial charge in [-0.05, 0) is 30.7 Å². The summed E-state index contributed by atoms with van der Waals surface area (Å²) in [7, 11) is 0. The van der Waals surface area contributed by atoms with Crippen LogP contribution < -0.4 is 0 Å². The Morgan fingerprint density at radius 2 is 1.89 bits per heavy atom. The summed E-state index contributed by atoms with van der Waals surface area (Å²) in [5, 5.41) is 10.5. The largest absolute Gasteiger partial charge is 0.433 e. The number of hydrogen-bond acceptors (Lipinski definition) is 2. The zero-order valence-electron chi connectivity index (χ0n) is 10.7. The van der Waals surface area contributed by atoms with Crippen molar-refractivity contribution in [1.29, 1.82) is 0 Å². The molecule has 19 heavy (non-hydrogen) atoms. The summed E-state index contributed by atoms with van der Waals surface area (Å²) in [6, 6.07) is 2.11. The van der Waals surface area contributed by atoms with Gasteiger partial charge >= 0.3 is 6.18 Å². The predicted molar refractivity (Wildman–Crippen MR) is 65.8 cm³/mol. The first-order valence-corrected chi connectivity index (χ1v) is 6.42. The van der Waals surface area contributed by atoms with Crippen LogP contribution >= 0.6 is 11.6 Å². The van der Waals surface area contributed by atoms with Crippen molar-refractivity contribution in [3.05, 3.63) is 28.5 Å². The van der Waals surface area contributed by atoms with E-state index in [-0.39, 0.29) is 10.7 Å². The van der Waals surface area contributed by atoms with Crippen molar-refractivity contribution in [2.45, 2.75) is 44.9 Å². The van der Waals surface area contributed by atoms with E-state index in [2.05, 4.69) is 4.98 Å². The smallest absolute Gasteiger partial charge is 0.384 e. The molecule has 6 heteroatoms. The van der Waals surface area contributed by atoms with E-state index < -0.39 is 22.9 Å². The number of pyridine rings is 1. The maximum atomic E-state index is 12.5. The van der Waals surface area contributed by atoms with Crippen LogP contribution in [0.1, 0.15) is 44.4 Å². The first-order chi connectivity index (χ1) is 8.58. The van der Waals surface area contributed by atoms with Gasteiger partial charge in [-0.25, -0.2) is 4.98 Å². The van der Waals surface area contributed by atoms with Crippen LogP contribution in [0.4, 0.5) is 13.2 Å². The third kappa shape index (κ3) is 2.34. The molecule has 0 bridgehead atoms. The number of alkyl halides is 3. The van der Waals surface area contributed by atoms with Crippen LogP contribution in [0.15, 0.2) is 12.1 Å². The third-order valence-electron chi connectivity index (χ3n) is 4.04. The summed E-state index contributed by atoms with van der Waals surface area (Å²) in [6.07, 6.45) is -2.45. The zero-order valence-corrected chi connectivity index (χ0v) is 11.4. The van der Waals surface area contributed by atoms with Gasteiger partial charge in [-0.2, -0.15) is 13.2 Å². The van der Waals surface area contributed by atoms with Gasteiger partial charge in [-0.15, -0.1) is 0 Å². The van der Waals surface area contributed by atoms with E-state index in [9.17, 15) is 18.3 Å². The molecule has 2 rings (SSSR count). The first-order valence-electron chi connectivity index (χ1n) is 6.04. The summed E-state index contributed by atoms with van der Waals surface area (Å²) in [4.78, 5) is 3.38. The minimum Gasteiger partial charge on any atom is -0.384 e. The summed E-state index contributed by atoms with van der Waals surface area (Å²) in [5.74, 6) is 0. The van der Waals surface area contributed by atoms with Gasteiger partial charge in [-0.3, -0.25) is 0 Å². The summed E-state index contributed by atoms with van der Waals surface area (Å²) >= 11 is 5.86. The van der Waals surface area contributed by atoms with Crippen molar-refractivity contribution in [3.8, 4) is 0 Å². The molecule has 0 aliphatic heterocycles. The number of aliphatic hydroxyl groups is 1. The number of rotatable bonds is 1. The van der Waals surface area contributed by atoms with Crippen molar-refractivity contribution in [2.75, 3.05) is 0 Å². The molecule has 1 aliphatic rings. The Balaban J connectivity index is 2.48. The average molecular weight is 294 g/mol. The maximum absolute atomic E-state index is 12.5. The molecule has 106 valence electrons. The Morgan fingerprint density at radius 1 is 1.26 bits per heavy atom. The molecule has 0 radical (unpaired) electrons. The minimum atomic E-state index is -4.53. The van der Waals surface area contributed by atoms with Gasteiger partial charge < -0.3 is 5.11 Å². The Bertz CT molecular complexity index is 501. The summed E-state index contributed by atoms with van der Waals surface area (Å²) in [6.45, 7) is 3.77. The molecule has 0 spiro atoms. The van der Waals surface area contributed by atoms with Crippen molar-refractivity contribution >= 4 is 11.6 Å². The molecule has 1 heterocycles. The molecule has 1 saturated carbocycles. The predicted octanol–water partition coefficient (Wildman–Crippen LogP) is 4.15. The molecule has 1 aromatic rings. The normalized spacial score (nSPS) is 26.7. The van der Waals surface area contributed by atoms with E-state index in [1.807, 2.05) is 13.8 Å². The van der Waals surface area contributed by atoms with Crippen LogP contribution in [0.2, 0.25) is 5.15 Å². The number of halogens is 4. The molecule has 0 saturated heterocycles. The highest BCUT2D eigenvalue weighted by atomic mass is 35.5. The van der Waals surface area contributed by atoms with Crippen molar-refractivity contribution in [2.24, 2.45) is 5.41 Å². The van der Waals surface area contributed by atoms with Crippen LogP contribution in [0, 0.1) is 5.41 Å². The van der Waals surface area contributed by atoms with E-state index in [4.69, 9.17) is 11.6 Å². The second kappa shape index (κ2) is 4.35. The fraction of sp³-hybridized carbons (Fsp3) is 0.615. The second-order valence-corrected chi connectivity index (χ2v) is 5.99. The van der Waals surface area contributed by atoms with E-state index in [0.29, 0.717) is 6.42 Å². The monoisotopic (exact) mass is 293 g/mol. The Morgan fingerprint density at radius 3 is 2.32 bits per heavy atom. The van der Waals surface area contributed by atoms with E-state index in [1.165, 1.54) is 6.07 Å². The molecular weight excluding hydrogens is 279 g/mol. The van der Waals surface area contributed by atoms with Gasteiger partial charge in [0.2, 0.25) is 0 Å². The quantitative estimate of drug-likeness (QED) is 0.789. The lowest BCUT2D eigenvalue weighted by molar-refractivity contribution is -0.141. The highest BCUT2D eigenvalue weighted by molar-refractivity contribution is 6.30. The van der Waals surface area contributed by atoms with Gasteiger partial charge in [0.15, 0.2) is 0 Å². The molecule has 0 amide bonds. The van der Waals surface area contributed by atoms with Crippen molar-refractivity contribution in [3.63, 3.8) is 0 Å². The van der Waals surface area contributed by atoms with Gasteiger partial charge in [-0.1, -0.05) is 31.5 Å². The van der Waals surface area contributed by atoms with E-state index in [0.717, 1.165) is 18.9 Å². The molecule has 0 aromatic carbocycles. The minimum absolute atomic E-state index is 0.271. The van der Waals surface area contributed by atoms with Crippen LogP contribution in [0.25, 0.3) is 0 Å². The van der Waals surface area contributed by atoms with Gasteiger partial charge in [0, 0.05) is 5.56 Å². The molecular formula is C13H15ClF3NO. The first kappa shape index (κ1) is 14.6. The van der Waals surface area contributed by atoms with Gasteiger partial charge in [0.25, 0.3) is 0 Å². The average Bonchev–Trinajstić information content (AvgIpc) is 2.52. The lowest BCUT2D eigenvalue weighted by atomic mass is 9.74. The molecule has 1 unspecified atom stereocenters. The van der Waals surface area contributed by atoms with Gasteiger partial charge in [0.05, 0.1) is 5.60 Å². The van der Waals surface area contributed by atoms with Crippen LogP contribution in [-0.4, -0.2) is 10.1 Å². The standard InChI is InChI=1S/C13H15ClF3NO/c1-11(2)6-3-7-12(11,19)8-4-5-9(13(15,16)17)18-10(8)14/h4-5,19H,3,6-7H2,1-2H3. The SMILES string of the molecule is CC1(C)CCCC1(O)c1ccc(C(F)(F)F)nc1Cl. The molecule has 1 fully saturated rings. The number of aromatic nitrogens is 1. The number of hydrogen-bond donors (Lipinski definition) is 1. The summed E-state index contributed by atoms with van der Waals surface area (Å²) in [5.41, 5.74) is -2.41. The maximum Gasteiger partial charge on any atom is 0.433 e. The lowest BCUT2D eigenvalue weighted by Gasteiger charge is -2.37. The third-order valence-corrected chi connectivity index (χ3v) is 4.33.